The number of anilines is 2. The molecule has 3 N–H and O–H groups in total. The van der Waals surface area contributed by atoms with Crippen LogP contribution in [0.3, 0.4) is 0 Å². The molecule has 0 bridgehead atoms. The van der Waals surface area contributed by atoms with Crippen molar-refractivity contribution in [2.45, 2.75) is 72.8 Å². The minimum atomic E-state index is -0.479. The molecule has 3 rings (SSSR count). The van der Waals surface area contributed by atoms with Crippen molar-refractivity contribution in [1.29, 1.82) is 0 Å². The number of nitrogens with one attached hydrogen (secondary N) is 3. The molecule has 168 valence electrons. The Labute approximate surface area is 183 Å². The maximum atomic E-state index is 14.0. The molecule has 0 aliphatic heterocycles. The molecule has 7 heteroatoms. The van der Waals surface area contributed by atoms with E-state index in [0.717, 1.165) is 17.9 Å². The number of aromatic nitrogens is 3. The molecule has 0 aliphatic rings. The third-order valence-corrected chi connectivity index (χ3v) is 4.96. The van der Waals surface area contributed by atoms with E-state index in [1.807, 2.05) is 0 Å². The lowest BCUT2D eigenvalue weighted by Gasteiger charge is -2.34. The van der Waals surface area contributed by atoms with Gasteiger partial charge in [-0.1, -0.05) is 53.7 Å². The SMILES string of the molecule is CC(C)(C)CC(C)(C)Nc1c(C(C)(C)C)nc2c(C(=O)Nc3ccccc3F)c[nH]n12. The summed E-state index contributed by atoms with van der Waals surface area (Å²) in [5.74, 6) is -0.0589. The zero-order chi connectivity index (χ0) is 23.2. The van der Waals surface area contributed by atoms with Gasteiger partial charge in [0.05, 0.1) is 11.4 Å². The third-order valence-electron chi connectivity index (χ3n) is 4.96. The van der Waals surface area contributed by atoms with Crippen LogP contribution in [-0.2, 0) is 5.41 Å². The molecule has 0 saturated carbocycles. The molecule has 0 spiro atoms. The van der Waals surface area contributed by atoms with Crippen LogP contribution >= 0.6 is 0 Å². The average Bonchev–Trinajstić information content (AvgIpc) is 3.14. The molecule has 0 atom stereocenters. The molecular formula is C24H34FN5O. The van der Waals surface area contributed by atoms with Gasteiger partial charge in [-0.25, -0.2) is 13.9 Å². The first-order valence-electron chi connectivity index (χ1n) is 10.6. The number of carbonyl (C=O) groups excluding carboxylic acids is 1. The molecule has 0 radical (unpaired) electrons. The van der Waals surface area contributed by atoms with Gasteiger partial charge >= 0.3 is 0 Å². The number of halogens is 1. The standard InChI is InChI=1S/C24H34FN5O/c1-22(2,3)14-24(7,8)29-20-18(23(4,5)6)28-19-15(13-26-30(19)20)21(31)27-17-12-10-9-11-16(17)25/h9-13,26,29H,14H2,1-8H3,(H,27,31). The molecule has 1 amide bonds. The lowest BCUT2D eigenvalue weighted by molar-refractivity contribution is 0.102. The normalized spacial score (nSPS) is 12.9. The first-order chi connectivity index (χ1) is 14.2. The van der Waals surface area contributed by atoms with E-state index in [2.05, 4.69) is 71.1 Å². The highest BCUT2D eigenvalue weighted by Gasteiger charge is 2.32. The van der Waals surface area contributed by atoms with Crippen LogP contribution in [0.5, 0.6) is 0 Å². The fourth-order valence-corrected chi connectivity index (χ4v) is 4.17. The van der Waals surface area contributed by atoms with Crippen molar-refractivity contribution in [3.63, 3.8) is 0 Å². The van der Waals surface area contributed by atoms with Gasteiger partial charge < -0.3 is 10.6 Å². The molecular weight excluding hydrogens is 393 g/mol. The Morgan fingerprint density at radius 2 is 1.74 bits per heavy atom. The van der Waals surface area contributed by atoms with Crippen LogP contribution in [0, 0.1) is 11.2 Å². The minimum Gasteiger partial charge on any atom is -0.364 e. The second-order valence-corrected chi connectivity index (χ2v) is 11.1. The summed E-state index contributed by atoms with van der Waals surface area (Å²) >= 11 is 0. The Bertz CT molecular complexity index is 1100. The Hall–Kier alpha value is -2.83. The summed E-state index contributed by atoms with van der Waals surface area (Å²) in [7, 11) is 0. The summed E-state index contributed by atoms with van der Waals surface area (Å²) in [5.41, 5.74) is 1.56. The predicted octanol–water partition coefficient (Wildman–Crippen LogP) is 5.98. The number of fused-ring (bicyclic) bond motifs is 1. The van der Waals surface area contributed by atoms with Gasteiger partial charge in [-0.15, -0.1) is 0 Å². The molecule has 31 heavy (non-hydrogen) atoms. The number of H-pyrrole nitrogens is 1. The van der Waals surface area contributed by atoms with E-state index in [0.29, 0.717) is 11.2 Å². The quantitative estimate of drug-likeness (QED) is 0.469. The summed E-state index contributed by atoms with van der Waals surface area (Å²) in [5, 5.41) is 9.46. The van der Waals surface area contributed by atoms with Crippen LogP contribution in [0.25, 0.3) is 5.65 Å². The Morgan fingerprint density at radius 3 is 2.32 bits per heavy atom. The van der Waals surface area contributed by atoms with E-state index in [1.165, 1.54) is 12.1 Å². The number of hydrogen-bond donors (Lipinski definition) is 3. The van der Waals surface area contributed by atoms with Crippen LogP contribution in [-0.4, -0.2) is 26.0 Å². The van der Waals surface area contributed by atoms with Gasteiger partial charge in [0.1, 0.15) is 11.4 Å². The number of imidazole rings is 1. The van der Waals surface area contributed by atoms with Crippen LogP contribution in [0.4, 0.5) is 15.9 Å². The smallest absolute Gasteiger partial charge is 0.261 e. The molecule has 0 fully saturated rings. The number of carbonyl (C=O) groups is 1. The number of para-hydroxylation sites is 1. The van der Waals surface area contributed by atoms with Crippen molar-refractivity contribution in [3.8, 4) is 0 Å². The van der Waals surface area contributed by atoms with Gasteiger partial charge in [0, 0.05) is 17.2 Å². The number of aromatic amines is 1. The van der Waals surface area contributed by atoms with E-state index in [4.69, 9.17) is 4.98 Å². The van der Waals surface area contributed by atoms with Gasteiger partial charge in [0.2, 0.25) is 0 Å². The number of hydrogen-bond acceptors (Lipinski definition) is 3. The van der Waals surface area contributed by atoms with Crippen molar-refractivity contribution in [2.75, 3.05) is 10.6 Å². The number of nitrogens with zero attached hydrogens (tertiary/aromatic N) is 2. The maximum absolute atomic E-state index is 14.0. The maximum Gasteiger partial charge on any atom is 0.261 e. The third kappa shape index (κ3) is 5.09. The highest BCUT2D eigenvalue weighted by atomic mass is 19.1. The van der Waals surface area contributed by atoms with E-state index in [1.54, 1.807) is 22.8 Å². The Morgan fingerprint density at radius 1 is 1.10 bits per heavy atom. The first-order valence-corrected chi connectivity index (χ1v) is 10.6. The molecule has 2 aromatic heterocycles. The minimum absolute atomic E-state index is 0.138. The fraction of sp³-hybridized carbons (Fsp3) is 0.500. The van der Waals surface area contributed by atoms with E-state index >= 15 is 0 Å². The highest BCUT2D eigenvalue weighted by molar-refractivity contribution is 6.08. The first kappa shape index (κ1) is 22.8. The van der Waals surface area contributed by atoms with Crippen LogP contribution < -0.4 is 10.6 Å². The number of rotatable bonds is 5. The van der Waals surface area contributed by atoms with Crippen molar-refractivity contribution in [1.82, 2.24) is 14.6 Å². The summed E-state index contributed by atoms with van der Waals surface area (Å²) in [6, 6.07) is 6.11. The number of amides is 1. The van der Waals surface area contributed by atoms with Gasteiger partial charge in [0.25, 0.3) is 5.91 Å². The summed E-state index contributed by atoms with van der Waals surface area (Å²) < 4.78 is 15.8. The zero-order valence-electron chi connectivity index (χ0n) is 19.8. The topological polar surface area (TPSA) is 74.2 Å². The van der Waals surface area contributed by atoms with E-state index in [9.17, 15) is 9.18 Å². The van der Waals surface area contributed by atoms with Crippen molar-refractivity contribution in [3.05, 3.63) is 47.5 Å². The summed E-state index contributed by atoms with van der Waals surface area (Å²) in [4.78, 5) is 17.7. The van der Waals surface area contributed by atoms with Crippen molar-refractivity contribution < 1.29 is 9.18 Å². The van der Waals surface area contributed by atoms with Gasteiger partial charge in [0.15, 0.2) is 11.5 Å². The lowest BCUT2D eigenvalue weighted by atomic mass is 9.81. The zero-order valence-corrected chi connectivity index (χ0v) is 19.8. The highest BCUT2D eigenvalue weighted by Crippen LogP contribution is 2.35. The molecule has 2 heterocycles. The van der Waals surface area contributed by atoms with Gasteiger partial charge in [-0.2, -0.15) is 0 Å². The predicted molar refractivity (Wildman–Crippen MR) is 124 cm³/mol. The van der Waals surface area contributed by atoms with E-state index < -0.39 is 11.7 Å². The van der Waals surface area contributed by atoms with Gasteiger partial charge in [-0.3, -0.25) is 9.89 Å². The van der Waals surface area contributed by atoms with E-state index in [-0.39, 0.29) is 22.1 Å². The Balaban J connectivity index is 2.03. The molecule has 6 nitrogen and oxygen atoms in total. The van der Waals surface area contributed by atoms with Crippen LogP contribution in [0.1, 0.15) is 77.9 Å². The molecule has 0 unspecified atom stereocenters. The Kier molecular flexibility index (Phi) is 5.67. The van der Waals surface area contributed by atoms with Crippen LogP contribution in [0.2, 0.25) is 0 Å². The van der Waals surface area contributed by atoms with Crippen molar-refractivity contribution in [2.24, 2.45) is 5.41 Å². The fourth-order valence-electron chi connectivity index (χ4n) is 4.17. The molecule has 0 aliphatic carbocycles. The van der Waals surface area contributed by atoms with Gasteiger partial charge in [-0.05, 0) is 37.8 Å². The lowest BCUT2D eigenvalue weighted by Crippen LogP contribution is -2.36. The molecule has 1 aromatic carbocycles. The summed E-state index contributed by atoms with van der Waals surface area (Å²) in [6.07, 6.45) is 2.55. The molecule has 0 saturated heterocycles. The van der Waals surface area contributed by atoms with Crippen LogP contribution in [0.15, 0.2) is 30.5 Å². The monoisotopic (exact) mass is 427 g/mol. The second-order valence-electron chi connectivity index (χ2n) is 11.1. The molecule has 3 aromatic rings. The average molecular weight is 428 g/mol. The van der Waals surface area contributed by atoms with Crippen molar-refractivity contribution >= 4 is 23.1 Å². The number of benzene rings is 1. The largest absolute Gasteiger partial charge is 0.364 e. The summed E-state index contributed by atoms with van der Waals surface area (Å²) in [6.45, 7) is 17.3. The second kappa shape index (κ2) is 7.70.